The number of guanidine groups is 1. The van der Waals surface area contributed by atoms with Crippen molar-refractivity contribution in [3.8, 4) is 5.75 Å². The predicted octanol–water partition coefficient (Wildman–Crippen LogP) is 1.87. The number of benzene rings is 1. The minimum atomic E-state index is -0.0470. The minimum absolute atomic E-state index is 0.0470. The molecule has 2 aromatic rings. The van der Waals surface area contributed by atoms with Crippen LogP contribution in [0.2, 0.25) is 0 Å². The zero-order valence-electron chi connectivity index (χ0n) is 16.2. The molecule has 1 aromatic carbocycles. The van der Waals surface area contributed by atoms with Crippen molar-refractivity contribution in [1.29, 1.82) is 0 Å². The molecule has 1 aromatic heterocycles. The first-order chi connectivity index (χ1) is 13.1. The Balaban J connectivity index is 1.87. The first-order valence-corrected chi connectivity index (χ1v) is 8.96. The van der Waals surface area contributed by atoms with Crippen LogP contribution in [-0.4, -0.2) is 69.1 Å². The van der Waals surface area contributed by atoms with Gasteiger partial charge >= 0.3 is 0 Å². The summed E-state index contributed by atoms with van der Waals surface area (Å²) in [5.41, 5.74) is 0. The molecule has 0 saturated carbocycles. The summed E-state index contributed by atoms with van der Waals surface area (Å²) >= 11 is 0. The second-order valence-electron chi connectivity index (χ2n) is 6.27. The van der Waals surface area contributed by atoms with Crippen LogP contribution in [0.15, 0.2) is 58.1 Å². The molecular weight excluding hydrogens is 344 g/mol. The van der Waals surface area contributed by atoms with Crippen LogP contribution in [0.5, 0.6) is 5.75 Å². The molecule has 0 aliphatic heterocycles. The zero-order valence-corrected chi connectivity index (χ0v) is 16.2. The second-order valence-corrected chi connectivity index (χ2v) is 6.27. The Morgan fingerprint density at radius 3 is 2.59 bits per heavy atom. The van der Waals surface area contributed by atoms with Gasteiger partial charge in [-0.3, -0.25) is 4.79 Å². The number of likely N-dealkylation sites (N-methyl/N-ethyl adjacent to an activating group) is 2. The number of carbonyl (C=O) groups is 1. The van der Waals surface area contributed by atoms with E-state index in [0.717, 1.165) is 17.9 Å². The minimum Gasteiger partial charge on any atom is -0.492 e. The molecule has 1 amide bonds. The van der Waals surface area contributed by atoms with Crippen molar-refractivity contribution in [2.75, 3.05) is 47.4 Å². The Kier molecular flexibility index (Phi) is 8.22. The molecule has 7 nitrogen and oxygen atoms in total. The van der Waals surface area contributed by atoms with E-state index in [1.807, 2.05) is 54.4 Å². The molecule has 0 saturated heterocycles. The largest absolute Gasteiger partial charge is 0.492 e. The van der Waals surface area contributed by atoms with E-state index in [4.69, 9.17) is 9.15 Å². The maximum Gasteiger partial charge on any atom is 0.243 e. The van der Waals surface area contributed by atoms with Crippen LogP contribution in [0.4, 0.5) is 0 Å². The van der Waals surface area contributed by atoms with Gasteiger partial charge in [-0.05, 0) is 24.3 Å². The average Bonchev–Trinajstić information content (AvgIpc) is 3.18. The van der Waals surface area contributed by atoms with Gasteiger partial charge in [0, 0.05) is 34.1 Å². The molecule has 0 aliphatic carbocycles. The Morgan fingerprint density at radius 1 is 1.15 bits per heavy atom. The van der Waals surface area contributed by atoms with Gasteiger partial charge in [0.05, 0.1) is 12.8 Å². The van der Waals surface area contributed by atoms with E-state index < -0.39 is 0 Å². The Bertz CT molecular complexity index is 699. The molecule has 2 rings (SSSR count). The Hall–Kier alpha value is -2.96. The summed E-state index contributed by atoms with van der Waals surface area (Å²) in [6.07, 6.45) is 2.40. The summed E-state index contributed by atoms with van der Waals surface area (Å²) in [6, 6.07) is 13.5. The van der Waals surface area contributed by atoms with Crippen LogP contribution in [0, 0.1) is 0 Å². The van der Waals surface area contributed by atoms with E-state index in [9.17, 15) is 4.79 Å². The van der Waals surface area contributed by atoms with E-state index in [-0.39, 0.29) is 12.5 Å². The number of hydrogen-bond donors (Lipinski definition) is 1. The van der Waals surface area contributed by atoms with Crippen LogP contribution >= 0.6 is 0 Å². The third-order valence-corrected chi connectivity index (χ3v) is 3.90. The molecule has 0 fully saturated rings. The van der Waals surface area contributed by atoms with Crippen molar-refractivity contribution in [3.63, 3.8) is 0 Å². The van der Waals surface area contributed by atoms with Crippen molar-refractivity contribution < 1.29 is 13.9 Å². The summed E-state index contributed by atoms with van der Waals surface area (Å²) in [5.74, 6) is 2.35. The highest BCUT2D eigenvalue weighted by Crippen LogP contribution is 2.07. The van der Waals surface area contributed by atoms with Crippen LogP contribution in [-0.2, 0) is 11.2 Å². The van der Waals surface area contributed by atoms with Crippen molar-refractivity contribution in [1.82, 2.24) is 15.1 Å². The standard InChI is InChI=1S/C20H28N4O3/c1-23(2)19(25)16-22-20(21-12-11-18-10-7-14-26-18)24(3)13-15-27-17-8-5-4-6-9-17/h4-10,14H,11-13,15-16H2,1-3H3,(H,21,22). The smallest absolute Gasteiger partial charge is 0.243 e. The summed E-state index contributed by atoms with van der Waals surface area (Å²) in [6.45, 7) is 1.91. The summed E-state index contributed by atoms with van der Waals surface area (Å²) in [4.78, 5) is 19.8. The average molecular weight is 372 g/mol. The number of nitrogens with zero attached hydrogens (tertiary/aromatic N) is 3. The van der Waals surface area contributed by atoms with Gasteiger partial charge in [0.1, 0.15) is 24.7 Å². The highest BCUT2D eigenvalue weighted by molar-refractivity contribution is 5.84. The monoisotopic (exact) mass is 372 g/mol. The SMILES string of the molecule is CN(C)C(=O)CN=C(NCCc1ccco1)N(C)CCOc1ccccc1. The Morgan fingerprint density at radius 2 is 1.93 bits per heavy atom. The second kappa shape index (κ2) is 10.9. The fourth-order valence-electron chi connectivity index (χ4n) is 2.27. The molecule has 0 bridgehead atoms. The van der Waals surface area contributed by atoms with Crippen molar-refractivity contribution in [3.05, 3.63) is 54.5 Å². The lowest BCUT2D eigenvalue weighted by Gasteiger charge is -2.22. The fourth-order valence-corrected chi connectivity index (χ4v) is 2.27. The van der Waals surface area contributed by atoms with E-state index in [1.54, 1.807) is 20.4 Å². The number of aliphatic imine (C=N–C) groups is 1. The lowest BCUT2D eigenvalue weighted by Crippen LogP contribution is -2.42. The summed E-state index contributed by atoms with van der Waals surface area (Å²) in [5, 5.41) is 3.29. The molecule has 146 valence electrons. The van der Waals surface area contributed by atoms with Gasteiger partial charge < -0.3 is 24.3 Å². The number of rotatable bonds is 9. The topological polar surface area (TPSA) is 70.3 Å². The van der Waals surface area contributed by atoms with Gasteiger partial charge in [0.2, 0.25) is 5.91 Å². The fraction of sp³-hybridized carbons (Fsp3) is 0.400. The first-order valence-electron chi connectivity index (χ1n) is 8.96. The number of furan rings is 1. The zero-order chi connectivity index (χ0) is 19.5. The highest BCUT2D eigenvalue weighted by Gasteiger charge is 2.09. The van der Waals surface area contributed by atoms with Crippen LogP contribution < -0.4 is 10.1 Å². The van der Waals surface area contributed by atoms with Gasteiger partial charge in [0.25, 0.3) is 0 Å². The van der Waals surface area contributed by atoms with Crippen molar-refractivity contribution >= 4 is 11.9 Å². The van der Waals surface area contributed by atoms with Gasteiger partial charge in [-0.1, -0.05) is 18.2 Å². The molecule has 0 unspecified atom stereocenters. The normalized spacial score (nSPS) is 11.1. The molecule has 0 aliphatic rings. The van der Waals surface area contributed by atoms with Crippen LogP contribution in [0.1, 0.15) is 5.76 Å². The lowest BCUT2D eigenvalue weighted by molar-refractivity contribution is -0.127. The molecule has 1 N–H and O–H groups in total. The van der Waals surface area contributed by atoms with Gasteiger partial charge in [-0.2, -0.15) is 0 Å². The van der Waals surface area contributed by atoms with Crippen LogP contribution in [0.25, 0.3) is 0 Å². The number of hydrogen-bond acceptors (Lipinski definition) is 4. The molecule has 0 spiro atoms. The Labute approximate surface area is 160 Å². The third-order valence-electron chi connectivity index (χ3n) is 3.90. The quantitative estimate of drug-likeness (QED) is 0.537. The number of nitrogens with one attached hydrogen (secondary N) is 1. The highest BCUT2D eigenvalue weighted by atomic mass is 16.5. The summed E-state index contributed by atoms with van der Waals surface area (Å²) in [7, 11) is 5.37. The van der Waals surface area contributed by atoms with Crippen LogP contribution in [0.3, 0.4) is 0 Å². The first kappa shape index (κ1) is 20.4. The maximum absolute atomic E-state index is 11.9. The molecule has 27 heavy (non-hydrogen) atoms. The lowest BCUT2D eigenvalue weighted by atomic mass is 10.3. The molecule has 7 heteroatoms. The van der Waals surface area contributed by atoms with Gasteiger partial charge in [-0.15, -0.1) is 0 Å². The van der Waals surface area contributed by atoms with E-state index in [1.165, 1.54) is 4.90 Å². The van der Waals surface area contributed by atoms with E-state index >= 15 is 0 Å². The molecular formula is C20H28N4O3. The van der Waals surface area contributed by atoms with Crippen molar-refractivity contribution in [2.45, 2.75) is 6.42 Å². The molecule has 0 atom stereocenters. The number of carbonyl (C=O) groups excluding carboxylic acids is 1. The number of para-hydroxylation sites is 1. The summed E-state index contributed by atoms with van der Waals surface area (Å²) < 4.78 is 11.1. The number of ether oxygens (including phenoxy) is 1. The third kappa shape index (κ3) is 7.43. The molecule has 0 radical (unpaired) electrons. The maximum atomic E-state index is 11.9. The van der Waals surface area contributed by atoms with Gasteiger partial charge in [-0.25, -0.2) is 4.99 Å². The molecule has 1 heterocycles. The van der Waals surface area contributed by atoms with E-state index in [2.05, 4.69) is 10.3 Å². The van der Waals surface area contributed by atoms with Gasteiger partial charge in [0.15, 0.2) is 5.96 Å². The predicted molar refractivity (Wildman–Crippen MR) is 106 cm³/mol. The van der Waals surface area contributed by atoms with Crippen molar-refractivity contribution in [2.24, 2.45) is 4.99 Å². The number of amides is 1. The van der Waals surface area contributed by atoms with E-state index in [0.29, 0.717) is 25.7 Å².